The highest BCUT2D eigenvalue weighted by Gasteiger charge is 2.39. The number of aromatic nitrogens is 14. The van der Waals surface area contributed by atoms with Gasteiger partial charge < -0.3 is 0 Å². The summed E-state index contributed by atoms with van der Waals surface area (Å²) in [6.07, 6.45) is 25.6. The summed E-state index contributed by atoms with van der Waals surface area (Å²) < 4.78 is 0. The average molecular weight is 1390 g/mol. The number of hydrogen-bond donors (Lipinski definition) is 0. The summed E-state index contributed by atoms with van der Waals surface area (Å²) in [6, 6.07) is 84.0. The molecule has 0 fully saturated rings. The molecular formula is C86H87N19. The molecule has 0 aliphatic heterocycles. The molecule has 14 heterocycles. The van der Waals surface area contributed by atoms with E-state index in [9.17, 15) is 0 Å². The van der Waals surface area contributed by atoms with E-state index >= 15 is 0 Å². The molecule has 0 aromatic carbocycles. The Hall–Kier alpha value is -12.1. The molecule has 0 saturated carbocycles. The summed E-state index contributed by atoms with van der Waals surface area (Å²) in [5, 5.41) is 0. The number of hydrogen-bond acceptors (Lipinski definition) is 19. The van der Waals surface area contributed by atoms with Crippen LogP contribution in [0.3, 0.4) is 0 Å². The predicted octanol–water partition coefficient (Wildman–Crippen LogP) is 14.4. The van der Waals surface area contributed by atoms with Crippen molar-refractivity contribution in [3.05, 3.63) is 421 Å². The van der Waals surface area contributed by atoms with E-state index in [0.29, 0.717) is 26.2 Å². The first kappa shape index (κ1) is 74.1. The fourth-order valence-corrected chi connectivity index (χ4v) is 11.9. The highest BCUT2D eigenvalue weighted by atomic mass is 15.2. The molecule has 0 unspecified atom stereocenters. The molecule has 0 spiro atoms. The van der Waals surface area contributed by atoms with Gasteiger partial charge in [-0.2, -0.15) is 0 Å². The van der Waals surface area contributed by atoms with Crippen LogP contribution in [0.1, 0.15) is 92.7 Å². The fraction of sp³-hybridized carbons (Fsp3) is 0.186. The van der Waals surface area contributed by atoms with E-state index < -0.39 is 5.54 Å². The average Bonchev–Trinajstić information content (AvgIpc) is 0.775. The first-order valence-electron chi connectivity index (χ1n) is 35.1. The predicted molar refractivity (Wildman–Crippen MR) is 410 cm³/mol. The van der Waals surface area contributed by atoms with Gasteiger partial charge in [-0.1, -0.05) is 84.9 Å². The molecule has 0 amide bonds. The number of likely N-dealkylation sites (N-methyl/N-ethyl adjacent to an activating group) is 1. The van der Waals surface area contributed by atoms with E-state index in [1.807, 2.05) is 311 Å². The molecule has 0 N–H and O–H groups in total. The molecule has 526 valence electrons. The molecule has 19 heteroatoms. The molecule has 19 nitrogen and oxygen atoms in total. The van der Waals surface area contributed by atoms with E-state index in [-0.39, 0.29) is 6.04 Å². The van der Waals surface area contributed by atoms with Crippen LogP contribution in [0.15, 0.2) is 342 Å². The topological polar surface area (TPSA) is 197 Å². The maximum Gasteiger partial charge on any atom is 0.104 e. The Balaban J connectivity index is 0.000000141. The van der Waals surface area contributed by atoms with Crippen LogP contribution in [-0.4, -0.2) is 114 Å². The summed E-state index contributed by atoms with van der Waals surface area (Å²) in [7, 11) is 2.13. The molecule has 14 aromatic rings. The van der Waals surface area contributed by atoms with Gasteiger partial charge in [0, 0.05) is 165 Å². The molecule has 0 radical (unpaired) electrons. The Kier molecular flexibility index (Phi) is 29.0. The van der Waals surface area contributed by atoms with Gasteiger partial charge in [-0.25, -0.2) is 0 Å². The quantitative estimate of drug-likeness (QED) is 0.0429. The maximum absolute atomic E-state index is 4.71. The van der Waals surface area contributed by atoms with Crippen LogP contribution in [-0.2, 0) is 71.0 Å². The number of nitrogens with zero attached hydrogens (tertiary/aromatic N) is 19. The van der Waals surface area contributed by atoms with Crippen molar-refractivity contribution in [2.45, 2.75) is 84.0 Å². The zero-order chi connectivity index (χ0) is 72.0. The lowest BCUT2D eigenvalue weighted by molar-refractivity contribution is 0.108. The van der Waals surface area contributed by atoms with Gasteiger partial charge in [-0.3, -0.25) is 94.3 Å². The van der Waals surface area contributed by atoms with Crippen LogP contribution >= 0.6 is 0 Å². The molecule has 0 aliphatic rings. The van der Waals surface area contributed by atoms with Crippen LogP contribution < -0.4 is 0 Å². The Morgan fingerprint density at radius 2 is 0.476 bits per heavy atom. The summed E-state index contributed by atoms with van der Waals surface area (Å²) in [4.78, 5) is 75.1. The minimum absolute atomic E-state index is 0.105. The smallest absolute Gasteiger partial charge is 0.104 e. The standard InChI is InChI=1S/C24H23N5.C23H21N5.C21H25N5.C18H18N4/c1-24(22-12-4-8-16-27-22,23-13-5-9-17-28-23)29(18-20-10-2-6-14-25-20)19-21-11-3-7-15-26-21;1-5-13-24-19(9-1)17-28(18-20-10-2-6-14-25-20)23(21-11-3-7-15-26-21)22-12-4-8-16-27-22;1-25(16-19-8-2-5-11-22-19)14-15-26(17-20-9-3-6-12-23-20)18-21-10-4-7-13-24-21;1-4-10-19-16(7-1)13-22(14-17-8-2-5-11-20-17)15-18-9-3-6-12-21-18/h2-17H,18-19H2,1H3;1-16,23H,17-18H2;2-13H,14-18H2,1H3;1-12H,13-15H2. The summed E-state index contributed by atoms with van der Waals surface area (Å²) in [5.41, 5.74) is 13.6. The Morgan fingerprint density at radius 3 is 0.733 bits per heavy atom. The van der Waals surface area contributed by atoms with E-state index in [2.05, 4.69) is 129 Å². The van der Waals surface area contributed by atoms with Gasteiger partial charge >= 0.3 is 0 Å². The highest BCUT2D eigenvalue weighted by molar-refractivity contribution is 5.31. The van der Waals surface area contributed by atoms with Gasteiger partial charge in [-0.15, -0.1) is 0 Å². The van der Waals surface area contributed by atoms with Crippen molar-refractivity contribution in [3.8, 4) is 0 Å². The minimum Gasteiger partial charge on any atom is -0.299 e. The third-order valence-corrected chi connectivity index (χ3v) is 17.1. The third-order valence-electron chi connectivity index (χ3n) is 17.1. The van der Waals surface area contributed by atoms with Crippen LogP contribution in [0.4, 0.5) is 0 Å². The first-order chi connectivity index (χ1) is 51.9. The van der Waals surface area contributed by atoms with Gasteiger partial charge in [0.15, 0.2) is 0 Å². The molecule has 0 bridgehead atoms. The summed E-state index contributed by atoms with van der Waals surface area (Å²) >= 11 is 0. The van der Waals surface area contributed by atoms with Gasteiger partial charge in [0.25, 0.3) is 0 Å². The zero-order valence-corrected chi connectivity index (χ0v) is 59.4. The lowest BCUT2D eigenvalue weighted by Crippen LogP contribution is -2.45. The Morgan fingerprint density at radius 1 is 0.238 bits per heavy atom. The lowest BCUT2D eigenvalue weighted by Gasteiger charge is -2.40. The van der Waals surface area contributed by atoms with Crippen LogP contribution in [0.5, 0.6) is 0 Å². The van der Waals surface area contributed by atoms with E-state index in [1.54, 1.807) is 0 Å². The van der Waals surface area contributed by atoms with E-state index in [4.69, 9.17) is 9.97 Å². The monoisotopic (exact) mass is 1390 g/mol. The van der Waals surface area contributed by atoms with Gasteiger partial charge in [0.1, 0.15) is 5.54 Å². The second-order valence-corrected chi connectivity index (χ2v) is 25.0. The molecule has 14 rings (SSSR count). The molecule has 0 saturated heterocycles. The molecule has 14 aromatic heterocycles. The van der Waals surface area contributed by atoms with Crippen molar-refractivity contribution >= 4 is 0 Å². The van der Waals surface area contributed by atoms with Gasteiger partial charge in [0.2, 0.25) is 0 Å². The van der Waals surface area contributed by atoms with Crippen LogP contribution in [0, 0.1) is 0 Å². The minimum atomic E-state index is -0.558. The van der Waals surface area contributed by atoms with Crippen molar-refractivity contribution in [1.82, 2.24) is 94.3 Å². The highest BCUT2D eigenvalue weighted by Crippen LogP contribution is 2.36. The molecular weight excluding hydrogens is 1300 g/mol. The third kappa shape index (κ3) is 24.3. The van der Waals surface area contributed by atoms with E-state index in [1.165, 1.54) is 0 Å². The normalized spacial score (nSPS) is 11.2. The first-order valence-corrected chi connectivity index (χ1v) is 35.1. The summed E-state index contributed by atoms with van der Waals surface area (Å²) in [6.45, 7) is 11.5. The second kappa shape index (κ2) is 41.1. The van der Waals surface area contributed by atoms with Crippen LogP contribution in [0.25, 0.3) is 0 Å². The number of rotatable bonds is 29. The fourth-order valence-electron chi connectivity index (χ4n) is 11.9. The van der Waals surface area contributed by atoms with Gasteiger partial charge in [0.05, 0.1) is 85.8 Å². The maximum atomic E-state index is 4.71. The Bertz CT molecular complexity index is 4280. The zero-order valence-electron chi connectivity index (χ0n) is 59.4. The van der Waals surface area contributed by atoms with Crippen molar-refractivity contribution < 1.29 is 0 Å². The molecule has 105 heavy (non-hydrogen) atoms. The van der Waals surface area contributed by atoms with Crippen molar-refractivity contribution in [2.24, 2.45) is 0 Å². The SMILES string of the molecule is CC(c1ccccn1)(c1ccccn1)N(Cc1ccccn1)Cc1ccccn1.CN(CCN(Cc1ccccn1)Cc1ccccn1)Cc1ccccn1.c1ccc(CN(Cc2ccccn2)C(c2ccccn2)c2ccccn2)nc1.c1ccc(CN(Cc2ccccn2)Cc2ccccn2)nc1. The van der Waals surface area contributed by atoms with Crippen molar-refractivity contribution in [3.63, 3.8) is 0 Å². The van der Waals surface area contributed by atoms with Crippen molar-refractivity contribution in [2.75, 3.05) is 20.1 Å². The Labute approximate surface area is 616 Å². The van der Waals surface area contributed by atoms with Crippen LogP contribution in [0.2, 0.25) is 0 Å². The van der Waals surface area contributed by atoms with Crippen molar-refractivity contribution in [1.29, 1.82) is 0 Å². The van der Waals surface area contributed by atoms with E-state index in [0.717, 1.165) is 132 Å². The van der Waals surface area contributed by atoms with Gasteiger partial charge in [-0.05, 0) is 184 Å². The largest absolute Gasteiger partial charge is 0.299 e. The lowest BCUT2D eigenvalue weighted by atomic mass is 9.89. The molecule has 0 atom stereocenters. The second-order valence-electron chi connectivity index (χ2n) is 25.0. The molecule has 0 aliphatic carbocycles. The summed E-state index contributed by atoms with van der Waals surface area (Å²) in [5.74, 6) is 0. The number of pyridine rings is 14.